The summed E-state index contributed by atoms with van der Waals surface area (Å²) in [5.74, 6) is 2.84. The number of methoxy groups -OCH3 is 1. The molecule has 20 heavy (non-hydrogen) atoms. The van der Waals surface area contributed by atoms with Gasteiger partial charge in [-0.3, -0.25) is 0 Å². The molecule has 2 aliphatic rings. The van der Waals surface area contributed by atoms with Crippen LogP contribution in [0.4, 0.5) is 0 Å². The molecule has 1 aromatic rings. The summed E-state index contributed by atoms with van der Waals surface area (Å²) >= 11 is 0. The van der Waals surface area contributed by atoms with Crippen molar-refractivity contribution in [3.8, 4) is 0 Å². The number of hydrogen-bond donors (Lipinski definition) is 1. The maximum absolute atomic E-state index is 5.11. The maximum atomic E-state index is 5.11. The molecule has 1 aromatic heterocycles. The highest BCUT2D eigenvalue weighted by Gasteiger charge is 2.29. The second-order valence-corrected chi connectivity index (χ2v) is 6.17. The summed E-state index contributed by atoms with van der Waals surface area (Å²) in [5.41, 5.74) is 0. The zero-order valence-corrected chi connectivity index (χ0v) is 12.6. The van der Waals surface area contributed by atoms with Crippen molar-refractivity contribution >= 4 is 0 Å². The van der Waals surface area contributed by atoms with Crippen molar-refractivity contribution in [2.45, 2.75) is 70.7 Å². The summed E-state index contributed by atoms with van der Waals surface area (Å²) in [5, 5.41) is 8.41. The molecule has 3 rings (SSSR count). The van der Waals surface area contributed by atoms with E-state index in [1.807, 2.05) is 0 Å². The minimum absolute atomic E-state index is 0.512. The van der Waals surface area contributed by atoms with E-state index < -0.39 is 0 Å². The first-order valence-electron chi connectivity index (χ1n) is 7.97. The molecular formula is C15H26N4O. The van der Waals surface area contributed by atoms with Crippen LogP contribution in [0.5, 0.6) is 0 Å². The van der Waals surface area contributed by atoms with E-state index in [1.54, 1.807) is 7.11 Å². The molecule has 5 heteroatoms. The van der Waals surface area contributed by atoms with Crippen LogP contribution in [-0.4, -0.2) is 34.0 Å². The first-order valence-corrected chi connectivity index (χ1v) is 7.97. The number of hydrogen-bond acceptors (Lipinski definition) is 4. The summed E-state index contributed by atoms with van der Waals surface area (Å²) in [6.07, 6.45) is 7.67. The molecule has 0 saturated heterocycles. The number of aryl methyl sites for hydroxylation is 1. The Morgan fingerprint density at radius 1 is 1.40 bits per heavy atom. The lowest BCUT2D eigenvalue weighted by Crippen LogP contribution is -2.48. The molecule has 112 valence electrons. The van der Waals surface area contributed by atoms with Gasteiger partial charge in [0.25, 0.3) is 0 Å². The van der Waals surface area contributed by atoms with Crippen LogP contribution in [0.3, 0.4) is 0 Å². The van der Waals surface area contributed by atoms with Gasteiger partial charge in [0.1, 0.15) is 12.4 Å². The van der Waals surface area contributed by atoms with Crippen LogP contribution >= 0.6 is 0 Å². The van der Waals surface area contributed by atoms with Crippen LogP contribution in [0.1, 0.15) is 50.7 Å². The Bertz CT molecular complexity index is 441. The van der Waals surface area contributed by atoms with Crippen LogP contribution in [0.25, 0.3) is 0 Å². The highest BCUT2D eigenvalue weighted by molar-refractivity contribution is 4.98. The highest BCUT2D eigenvalue weighted by Crippen LogP contribution is 2.31. The number of nitrogens with one attached hydrogen (secondary N) is 1. The van der Waals surface area contributed by atoms with Gasteiger partial charge in [-0.25, -0.2) is 9.67 Å². The van der Waals surface area contributed by atoms with Crippen molar-refractivity contribution in [3.63, 3.8) is 0 Å². The molecule has 0 bridgehead atoms. The lowest BCUT2D eigenvalue weighted by Gasteiger charge is -2.37. The molecule has 0 spiro atoms. The van der Waals surface area contributed by atoms with Crippen molar-refractivity contribution in [1.29, 1.82) is 0 Å². The first kappa shape index (κ1) is 14.0. The summed E-state index contributed by atoms with van der Waals surface area (Å²) < 4.78 is 7.19. The second-order valence-electron chi connectivity index (χ2n) is 6.17. The number of ether oxygens (including phenoxy) is 1. The van der Waals surface area contributed by atoms with E-state index in [2.05, 4.69) is 27.0 Å². The van der Waals surface area contributed by atoms with Gasteiger partial charge >= 0.3 is 0 Å². The molecule has 1 fully saturated rings. The number of rotatable bonds is 6. The molecule has 1 N–H and O–H groups in total. The second kappa shape index (κ2) is 6.22. The number of fused-ring (bicyclic) bond motifs is 1. The lowest BCUT2D eigenvalue weighted by molar-refractivity contribution is 0.176. The van der Waals surface area contributed by atoms with Gasteiger partial charge < -0.3 is 10.1 Å². The summed E-state index contributed by atoms with van der Waals surface area (Å²) in [6, 6.07) is 1.24. The molecule has 2 unspecified atom stereocenters. The van der Waals surface area contributed by atoms with Crippen LogP contribution in [0.2, 0.25) is 0 Å². The van der Waals surface area contributed by atoms with Gasteiger partial charge in [-0.05, 0) is 31.6 Å². The number of nitrogens with zero attached hydrogens (tertiary/aromatic N) is 3. The third-order valence-corrected chi connectivity index (χ3v) is 4.78. The topological polar surface area (TPSA) is 52.0 Å². The predicted octanol–water partition coefficient (Wildman–Crippen LogP) is 1.91. The zero-order chi connectivity index (χ0) is 13.9. The number of aromatic nitrogens is 3. The van der Waals surface area contributed by atoms with Crippen molar-refractivity contribution in [2.24, 2.45) is 5.92 Å². The van der Waals surface area contributed by atoms with Crippen molar-refractivity contribution in [3.05, 3.63) is 11.6 Å². The SMILES string of the molecule is CCC(NC1CCc2nc(COC)nn2C1)C1CCC1. The monoisotopic (exact) mass is 278 g/mol. The van der Waals surface area contributed by atoms with Crippen molar-refractivity contribution < 1.29 is 4.74 Å². The lowest BCUT2D eigenvalue weighted by atomic mass is 9.78. The molecule has 1 aliphatic heterocycles. The zero-order valence-electron chi connectivity index (χ0n) is 12.6. The minimum Gasteiger partial charge on any atom is -0.377 e. The van der Waals surface area contributed by atoms with E-state index in [0.29, 0.717) is 18.7 Å². The molecular weight excluding hydrogens is 252 g/mol. The van der Waals surface area contributed by atoms with Gasteiger partial charge in [0.05, 0.1) is 6.54 Å². The van der Waals surface area contributed by atoms with Crippen molar-refractivity contribution in [2.75, 3.05) is 7.11 Å². The molecule has 2 atom stereocenters. The summed E-state index contributed by atoms with van der Waals surface area (Å²) in [7, 11) is 1.69. The van der Waals surface area contributed by atoms with E-state index in [-0.39, 0.29) is 0 Å². The van der Waals surface area contributed by atoms with E-state index in [1.165, 1.54) is 32.1 Å². The van der Waals surface area contributed by atoms with Gasteiger partial charge in [0, 0.05) is 25.6 Å². The first-order chi connectivity index (χ1) is 9.80. The van der Waals surface area contributed by atoms with Gasteiger partial charge in [0.2, 0.25) is 0 Å². The molecule has 0 aromatic carbocycles. The van der Waals surface area contributed by atoms with E-state index >= 15 is 0 Å². The van der Waals surface area contributed by atoms with Crippen LogP contribution in [0.15, 0.2) is 0 Å². The van der Waals surface area contributed by atoms with Gasteiger partial charge in [-0.15, -0.1) is 0 Å². The third kappa shape index (κ3) is 2.88. The van der Waals surface area contributed by atoms with Crippen molar-refractivity contribution in [1.82, 2.24) is 20.1 Å². The third-order valence-electron chi connectivity index (χ3n) is 4.78. The predicted molar refractivity (Wildman–Crippen MR) is 77.4 cm³/mol. The normalized spacial score (nSPS) is 24.2. The molecule has 1 saturated carbocycles. The summed E-state index contributed by atoms with van der Waals surface area (Å²) in [6.45, 7) is 3.77. The minimum atomic E-state index is 0.512. The van der Waals surface area contributed by atoms with Gasteiger partial charge in [-0.2, -0.15) is 5.10 Å². The quantitative estimate of drug-likeness (QED) is 0.863. The molecule has 1 aliphatic carbocycles. The summed E-state index contributed by atoms with van der Waals surface area (Å²) in [4.78, 5) is 4.54. The smallest absolute Gasteiger partial charge is 0.176 e. The Hall–Kier alpha value is -0.940. The molecule has 2 heterocycles. The molecule has 5 nitrogen and oxygen atoms in total. The highest BCUT2D eigenvalue weighted by atomic mass is 16.5. The van der Waals surface area contributed by atoms with E-state index in [9.17, 15) is 0 Å². The molecule has 0 radical (unpaired) electrons. The Balaban J connectivity index is 1.59. The Morgan fingerprint density at radius 2 is 2.25 bits per heavy atom. The fraction of sp³-hybridized carbons (Fsp3) is 0.867. The fourth-order valence-corrected chi connectivity index (χ4v) is 3.42. The van der Waals surface area contributed by atoms with Crippen LogP contribution in [-0.2, 0) is 24.3 Å². The van der Waals surface area contributed by atoms with Gasteiger partial charge in [0.15, 0.2) is 5.82 Å². The Morgan fingerprint density at radius 3 is 2.90 bits per heavy atom. The molecule has 0 amide bonds. The van der Waals surface area contributed by atoms with E-state index in [0.717, 1.165) is 30.5 Å². The largest absolute Gasteiger partial charge is 0.377 e. The maximum Gasteiger partial charge on any atom is 0.176 e. The van der Waals surface area contributed by atoms with Gasteiger partial charge in [-0.1, -0.05) is 13.3 Å². The van der Waals surface area contributed by atoms with Crippen LogP contribution in [0, 0.1) is 5.92 Å². The Kier molecular flexibility index (Phi) is 4.36. The fourth-order valence-electron chi connectivity index (χ4n) is 3.42. The standard InChI is InChI=1S/C15H26N4O/c1-3-13(11-5-4-6-11)16-12-7-8-15-17-14(10-20-2)18-19(15)9-12/h11-13,16H,3-10H2,1-2H3. The van der Waals surface area contributed by atoms with Crippen LogP contribution < -0.4 is 5.32 Å². The average Bonchev–Trinajstić information content (AvgIpc) is 2.78. The van der Waals surface area contributed by atoms with E-state index in [4.69, 9.17) is 4.74 Å². The Labute approximate surface area is 121 Å². The average molecular weight is 278 g/mol.